The lowest BCUT2D eigenvalue weighted by Crippen LogP contribution is -2.48. The van der Waals surface area contributed by atoms with Crippen molar-refractivity contribution < 1.29 is 24.5 Å². The summed E-state index contributed by atoms with van der Waals surface area (Å²) in [6.45, 7) is 1.17. The molecular weight excluding hydrogens is 250 g/mol. The van der Waals surface area contributed by atoms with Gasteiger partial charge in [-0.1, -0.05) is 6.42 Å². The Morgan fingerprint density at radius 1 is 1.21 bits per heavy atom. The van der Waals surface area contributed by atoms with E-state index in [9.17, 15) is 14.7 Å². The van der Waals surface area contributed by atoms with Gasteiger partial charge in [0.05, 0.1) is 17.4 Å². The fourth-order valence-corrected chi connectivity index (χ4v) is 2.88. The van der Waals surface area contributed by atoms with Gasteiger partial charge in [-0.15, -0.1) is 0 Å². The first kappa shape index (κ1) is 14.3. The summed E-state index contributed by atoms with van der Waals surface area (Å²) in [6, 6.07) is 0. The van der Waals surface area contributed by atoms with E-state index in [4.69, 9.17) is 9.84 Å². The minimum absolute atomic E-state index is 0.179. The Morgan fingerprint density at radius 2 is 1.84 bits per heavy atom. The van der Waals surface area contributed by atoms with Crippen LogP contribution in [0.5, 0.6) is 0 Å². The van der Waals surface area contributed by atoms with Crippen LogP contribution in [0.25, 0.3) is 0 Å². The zero-order chi connectivity index (χ0) is 13.9. The third-order valence-corrected chi connectivity index (χ3v) is 4.19. The van der Waals surface area contributed by atoms with Gasteiger partial charge in [-0.3, -0.25) is 9.59 Å². The first-order valence-corrected chi connectivity index (χ1v) is 6.82. The molecule has 3 N–H and O–H groups in total. The molecule has 1 heterocycles. The van der Waals surface area contributed by atoms with Crippen molar-refractivity contribution in [2.24, 2.45) is 11.8 Å². The number of hydrogen-bond donors (Lipinski definition) is 3. The predicted octanol–water partition coefficient (Wildman–Crippen LogP) is 0.145. The highest BCUT2D eigenvalue weighted by Crippen LogP contribution is 2.32. The van der Waals surface area contributed by atoms with Crippen molar-refractivity contribution >= 4 is 11.9 Å². The third kappa shape index (κ3) is 3.45. The normalized spacial score (nSPS) is 29.9. The summed E-state index contributed by atoms with van der Waals surface area (Å²) < 4.78 is 5.17. The molecule has 6 nitrogen and oxygen atoms in total. The Labute approximate surface area is 112 Å². The zero-order valence-corrected chi connectivity index (χ0v) is 10.9. The molecular formula is C13H21NO5. The summed E-state index contributed by atoms with van der Waals surface area (Å²) in [5, 5.41) is 22.0. The van der Waals surface area contributed by atoms with E-state index in [1.54, 1.807) is 0 Å². The summed E-state index contributed by atoms with van der Waals surface area (Å²) in [7, 11) is 0. The van der Waals surface area contributed by atoms with Crippen LogP contribution in [0.1, 0.15) is 32.1 Å². The largest absolute Gasteiger partial charge is 0.481 e. The molecule has 6 heteroatoms. The van der Waals surface area contributed by atoms with Gasteiger partial charge in [-0.05, 0) is 12.8 Å². The molecule has 2 aliphatic rings. The van der Waals surface area contributed by atoms with Crippen molar-refractivity contribution in [1.82, 2.24) is 5.32 Å². The first-order chi connectivity index (χ1) is 9.02. The van der Waals surface area contributed by atoms with E-state index in [0.717, 1.165) is 6.42 Å². The summed E-state index contributed by atoms with van der Waals surface area (Å²) in [6.07, 6.45) is 2.95. The maximum Gasteiger partial charge on any atom is 0.307 e. The van der Waals surface area contributed by atoms with Crippen LogP contribution in [0.4, 0.5) is 0 Å². The lowest BCUT2D eigenvalue weighted by Gasteiger charge is -2.32. The average Bonchev–Trinajstić information content (AvgIpc) is 2.86. The van der Waals surface area contributed by atoms with E-state index in [2.05, 4.69) is 5.32 Å². The summed E-state index contributed by atoms with van der Waals surface area (Å²) in [4.78, 5) is 23.1. The minimum atomic E-state index is -0.911. The van der Waals surface area contributed by atoms with Crippen LogP contribution < -0.4 is 5.32 Å². The molecule has 1 aliphatic carbocycles. The van der Waals surface area contributed by atoms with E-state index in [0.29, 0.717) is 38.9 Å². The van der Waals surface area contributed by atoms with Crippen molar-refractivity contribution in [3.05, 3.63) is 0 Å². The van der Waals surface area contributed by atoms with Crippen LogP contribution in [0.2, 0.25) is 0 Å². The number of ether oxygens (including phenoxy) is 1. The molecule has 2 rings (SSSR count). The number of aliphatic hydroxyl groups is 1. The molecule has 2 atom stereocenters. The molecule has 0 aromatic heterocycles. The first-order valence-electron chi connectivity index (χ1n) is 6.82. The topological polar surface area (TPSA) is 95.9 Å². The highest BCUT2D eigenvalue weighted by Gasteiger charge is 2.38. The van der Waals surface area contributed by atoms with Crippen molar-refractivity contribution in [2.75, 3.05) is 19.8 Å². The quantitative estimate of drug-likeness (QED) is 0.676. The molecule has 19 heavy (non-hydrogen) atoms. The van der Waals surface area contributed by atoms with Gasteiger partial charge in [0.15, 0.2) is 0 Å². The second-order valence-electron chi connectivity index (χ2n) is 5.54. The third-order valence-electron chi connectivity index (χ3n) is 4.19. The Kier molecular flexibility index (Phi) is 4.42. The summed E-state index contributed by atoms with van der Waals surface area (Å²) in [5.74, 6) is -2.18. The van der Waals surface area contributed by atoms with Crippen LogP contribution >= 0.6 is 0 Å². The second-order valence-corrected chi connectivity index (χ2v) is 5.54. The van der Waals surface area contributed by atoms with E-state index < -0.39 is 23.4 Å². The molecule has 0 aromatic rings. The van der Waals surface area contributed by atoms with E-state index in [-0.39, 0.29) is 12.5 Å². The molecule has 1 aliphatic heterocycles. The number of nitrogens with one attached hydrogen (secondary N) is 1. The summed E-state index contributed by atoms with van der Waals surface area (Å²) >= 11 is 0. The SMILES string of the molecule is O=C(O)C1CCCC1C(=O)NCC1(O)CCOCC1. The van der Waals surface area contributed by atoms with E-state index in [1.807, 2.05) is 0 Å². The lowest BCUT2D eigenvalue weighted by atomic mass is 9.92. The average molecular weight is 271 g/mol. The number of aliphatic carboxylic acids is 1. The molecule has 0 spiro atoms. The maximum atomic E-state index is 12.0. The van der Waals surface area contributed by atoms with Gasteiger partial charge < -0.3 is 20.3 Å². The maximum absolute atomic E-state index is 12.0. The highest BCUT2D eigenvalue weighted by atomic mass is 16.5. The van der Waals surface area contributed by atoms with E-state index in [1.165, 1.54) is 0 Å². The number of carboxylic acids is 1. The van der Waals surface area contributed by atoms with Gasteiger partial charge >= 0.3 is 5.97 Å². The number of carbonyl (C=O) groups excluding carboxylic acids is 1. The van der Waals surface area contributed by atoms with Crippen LogP contribution in [0.3, 0.4) is 0 Å². The fraction of sp³-hybridized carbons (Fsp3) is 0.846. The standard InChI is InChI=1S/C13H21NO5/c15-11(9-2-1-3-10(9)12(16)17)14-8-13(18)4-6-19-7-5-13/h9-10,18H,1-8H2,(H,14,15)(H,16,17). The lowest BCUT2D eigenvalue weighted by molar-refractivity contribution is -0.146. The Bertz CT molecular complexity index is 351. The van der Waals surface area contributed by atoms with Crippen LogP contribution in [-0.2, 0) is 14.3 Å². The van der Waals surface area contributed by atoms with Gasteiger partial charge in [-0.25, -0.2) is 0 Å². The van der Waals surface area contributed by atoms with Crippen molar-refractivity contribution in [3.63, 3.8) is 0 Å². The predicted molar refractivity (Wildman–Crippen MR) is 66.5 cm³/mol. The van der Waals surface area contributed by atoms with Gasteiger partial charge in [0, 0.05) is 32.6 Å². The van der Waals surface area contributed by atoms with Crippen molar-refractivity contribution in [1.29, 1.82) is 0 Å². The molecule has 1 amide bonds. The van der Waals surface area contributed by atoms with Gasteiger partial charge in [0.2, 0.25) is 5.91 Å². The summed E-state index contributed by atoms with van der Waals surface area (Å²) in [5.41, 5.74) is -0.911. The number of carboxylic acid groups (broad SMARTS) is 1. The van der Waals surface area contributed by atoms with Crippen LogP contribution in [0, 0.1) is 11.8 Å². The molecule has 2 unspecified atom stereocenters. The van der Waals surface area contributed by atoms with E-state index >= 15 is 0 Å². The number of hydrogen-bond acceptors (Lipinski definition) is 4. The number of amides is 1. The molecule has 0 bridgehead atoms. The van der Waals surface area contributed by atoms with Gasteiger partial charge in [0.1, 0.15) is 0 Å². The Hall–Kier alpha value is -1.14. The molecule has 0 radical (unpaired) electrons. The van der Waals surface area contributed by atoms with Crippen LogP contribution in [0.15, 0.2) is 0 Å². The number of carbonyl (C=O) groups is 2. The Morgan fingerprint density at radius 3 is 2.47 bits per heavy atom. The van der Waals surface area contributed by atoms with Crippen molar-refractivity contribution in [3.8, 4) is 0 Å². The molecule has 108 valence electrons. The number of rotatable bonds is 4. The molecule has 0 aromatic carbocycles. The minimum Gasteiger partial charge on any atom is -0.481 e. The van der Waals surface area contributed by atoms with Crippen molar-refractivity contribution in [2.45, 2.75) is 37.7 Å². The van der Waals surface area contributed by atoms with Gasteiger partial charge in [0.25, 0.3) is 0 Å². The molecule has 1 saturated heterocycles. The second kappa shape index (κ2) is 5.88. The zero-order valence-electron chi connectivity index (χ0n) is 10.9. The highest BCUT2D eigenvalue weighted by molar-refractivity contribution is 5.85. The molecule has 1 saturated carbocycles. The molecule has 2 fully saturated rings. The Balaban J connectivity index is 1.85. The monoisotopic (exact) mass is 271 g/mol. The van der Waals surface area contributed by atoms with Crippen LogP contribution in [-0.4, -0.2) is 47.4 Å². The van der Waals surface area contributed by atoms with Gasteiger partial charge in [-0.2, -0.15) is 0 Å². The fourth-order valence-electron chi connectivity index (χ4n) is 2.88. The smallest absolute Gasteiger partial charge is 0.307 e.